The number of anilines is 1. The standard InChI is InChI=1S/C25H26ClN3O5S/c1-4-34-24-14-19(10-13-23(24)30)15-27-28-25(31)16-29(22-7-5-6-21(26)18(22)3)35(32,33)20-11-8-17(2)9-12-20/h5-15,30H,4,16H2,1-3H3,(H,28,31)/b27-15-. The van der Waals surface area contributed by atoms with Gasteiger partial charge in [-0.3, -0.25) is 9.10 Å². The minimum absolute atomic E-state index is 0.0121. The summed E-state index contributed by atoms with van der Waals surface area (Å²) < 4.78 is 33.3. The number of hydrazone groups is 1. The molecule has 2 N–H and O–H groups in total. The lowest BCUT2D eigenvalue weighted by Crippen LogP contribution is -2.40. The van der Waals surface area contributed by atoms with Gasteiger partial charge in [-0.15, -0.1) is 0 Å². The first kappa shape index (κ1) is 26.1. The molecule has 10 heteroatoms. The molecule has 3 aromatic rings. The Balaban J connectivity index is 1.86. The van der Waals surface area contributed by atoms with Gasteiger partial charge >= 0.3 is 0 Å². The van der Waals surface area contributed by atoms with Crippen LogP contribution in [-0.4, -0.2) is 38.8 Å². The molecule has 0 fully saturated rings. The molecule has 35 heavy (non-hydrogen) atoms. The predicted molar refractivity (Wildman–Crippen MR) is 137 cm³/mol. The van der Waals surface area contributed by atoms with Gasteiger partial charge in [0.15, 0.2) is 11.5 Å². The van der Waals surface area contributed by atoms with Gasteiger partial charge < -0.3 is 9.84 Å². The van der Waals surface area contributed by atoms with Crippen molar-refractivity contribution in [3.63, 3.8) is 0 Å². The van der Waals surface area contributed by atoms with E-state index in [1.807, 2.05) is 6.92 Å². The lowest BCUT2D eigenvalue weighted by molar-refractivity contribution is -0.119. The lowest BCUT2D eigenvalue weighted by Gasteiger charge is -2.25. The van der Waals surface area contributed by atoms with Crippen molar-refractivity contribution in [3.8, 4) is 11.5 Å². The zero-order valence-electron chi connectivity index (χ0n) is 19.5. The van der Waals surface area contributed by atoms with Crippen LogP contribution < -0.4 is 14.5 Å². The number of amides is 1. The summed E-state index contributed by atoms with van der Waals surface area (Å²) in [6.45, 7) is 5.18. The molecule has 0 spiro atoms. The number of sulfonamides is 1. The number of carbonyl (C=O) groups is 1. The Morgan fingerprint density at radius 1 is 1.14 bits per heavy atom. The number of phenols is 1. The maximum atomic E-state index is 13.5. The second kappa shape index (κ2) is 11.2. The summed E-state index contributed by atoms with van der Waals surface area (Å²) in [6.07, 6.45) is 1.36. The molecule has 0 aliphatic carbocycles. The summed E-state index contributed by atoms with van der Waals surface area (Å²) >= 11 is 6.24. The topological polar surface area (TPSA) is 108 Å². The zero-order valence-corrected chi connectivity index (χ0v) is 21.1. The quantitative estimate of drug-likeness (QED) is 0.324. The maximum Gasteiger partial charge on any atom is 0.264 e. The van der Waals surface area contributed by atoms with E-state index in [0.717, 1.165) is 9.87 Å². The molecule has 184 valence electrons. The van der Waals surface area contributed by atoms with Crippen molar-refractivity contribution in [1.82, 2.24) is 5.43 Å². The van der Waals surface area contributed by atoms with Crippen molar-refractivity contribution >= 4 is 39.4 Å². The van der Waals surface area contributed by atoms with Crippen molar-refractivity contribution < 1.29 is 23.1 Å². The van der Waals surface area contributed by atoms with Crippen LogP contribution in [0.1, 0.15) is 23.6 Å². The highest BCUT2D eigenvalue weighted by molar-refractivity contribution is 7.92. The molecule has 8 nitrogen and oxygen atoms in total. The van der Waals surface area contributed by atoms with E-state index in [-0.39, 0.29) is 22.1 Å². The van der Waals surface area contributed by atoms with E-state index in [1.54, 1.807) is 56.3 Å². The van der Waals surface area contributed by atoms with Crippen molar-refractivity contribution in [2.45, 2.75) is 25.7 Å². The van der Waals surface area contributed by atoms with Gasteiger partial charge in [-0.25, -0.2) is 13.8 Å². The first-order valence-corrected chi connectivity index (χ1v) is 12.6. The molecule has 3 rings (SSSR count). The van der Waals surface area contributed by atoms with Crippen LogP contribution in [0.3, 0.4) is 0 Å². The van der Waals surface area contributed by atoms with Crippen LogP contribution in [0.2, 0.25) is 5.02 Å². The molecular formula is C25H26ClN3O5S. The number of phenolic OH excluding ortho intramolecular Hbond substituents is 1. The van der Waals surface area contributed by atoms with Crippen LogP contribution in [0.25, 0.3) is 0 Å². The van der Waals surface area contributed by atoms with Crippen LogP contribution in [0, 0.1) is 13.8 Å². The van der Waals surface area contributed by atoms with Gasteiger partial charge in [0.25, 0.3) is 15.9 Å². The van der Waals surface area contributed by atoms with E-state index in [2.05, 4.69) is 10.5 Å². The molecular weight excluding hydrogens is 490 g/mol. The minimum Gasteiger partial charge on any atom is -0.504 e. The average molecular weight is 516 g/mol. The number of nitrogens with zero attached hydrogens (tertiary/aromatic N) is 2. The highest BCUT2D eigenvalue weighted by atomic mass is 35.5. The predicted octanol–water partition coefficient (Wildman–Crippen LogP) is 4.41. The van der Waals surface area contributed by atoms with Crippen LogP contribution in [-0.2, 0) is 14.8 Å². The molecule has 3 aromatic carbocycles. The number of hydrogen-bond acceptors (Lipinski definition) is 6. The van der Waals surface area contributed by atoms with Crippen LogP contribution in [0.4, 0.5) is 5.69 Å². The van der Waals surface area contributed by atoms with E-state index < -0.39 is 22.5 Å². The number of aromatic hydroxyl groups is 1. The second-order valence-corrected chi connectivity index (χ2v) is 9.93. The SMILES string of the molecule is CCOc1cc(/C=N\NC(=O)CN(c2cccc(Cl)c2C)S(=O)(=O)c2ccc(C)cc2)ccc1O. The van der Waals surface area contributed by atoms with E-state index >= 15 is 0 Å². The smallest absolute Gasteiger partial charge is 0.264 e. The fraction of sp³-hybridized carbons (Fsp3) is 0.200. The van der Waals surface area contributed by atoms with E-state index in [4.69, 9.17) is 16.3 Å². The number of benzene rings is 3. The Kier molecular flexibility index (Phi) is 8.37. The van der Waals surface area contributed by atoms with E-state index in [1.165, 1.54) is 24.4 Å². The van der Waals surface area contributed by atoms with Crippen molar-refractivity contribution in [1.29, 1.82) is 0 Å². The summed E-state index contributed by atoms with van der Waals surface area (Å²) in [6, 6.07) is 15.8. The van der Waals surface area contributed by atoms with Crippen molar-refractivity contribution in [2.24, 2.45) is 5.10 Å². The van der Waals surface area contributed by atoms with Gasteiger partial charge in [-0.05, 0) is 74.4 Å². The summed E-state index contributed by atoms with van der Waals surface area (Å²) in [7, 11) is -4.08. The third kappa shape index (κ3) is 6.32. The fourth-order valence-corrected chi connectivity index (χ4v) is 4.88. The summed E-state index contributed by atoms with van der Waals surface area (Å²) in [5.74, 6) is -0.378. The maximum absolute atomic E-state index is 13.5. The van der Waals surface area contributed by atoms with E-state index in [0.29, 0.717) is 22.8 Å². The molecule has 0 atom stereocenters. The summed E-state index contributed by atoms with van der Waals surface area (Å²) in [4.78, 5) is 12.8. The Hall–Kier alpha value is -3.56. The highest BCUT2D eigenvalue weighted by Gasteiger charge is 2.28. The first-order chi connectivity index (χ1) is 16.6. The summed E-state index contributed by atoms with van der Waals surface area (Å²) in [5, 5.41) is 14.1. The van der Waals surface area contributed by atoms with Gasteiger partial charge in [0.1, 0.15) is 6.54 Å². The van der Waals surface area contributed by atoms with Gasteiger partial charge in [0.05, 0.1) is 23.4 Å². The van der Waals surface area contributed by atoms with Gasteiger partial charge in [0, 0.05) is 5.02 Å². The van der Waals surface area contributed by atoms with Crippen molar-refractivity contribution in [2.75, 3.05) is 17.5 Å². The molecule has 0 radical (unpaired) electrons. The third-order valence-corrected chi connectivity index (χ3v) is 7.27. The molecule has 0 unspecified atom stereocenters. The second-order valence-electron chi connectivity index (χ2n) is 7.66. The first-order valence-electron chi connectivity index (χ1n) is 10.8. The number of nitrogens with one attached hydrogen (secondary N) is 1. The molecule has 0 aromatic heterocycles. The van der Waals surface area contributed by atoms with Crippen LogP contribution in [0.5, 0.6) is 11.5 Å². The molecule has 0 aliphatic rings. The average Bonchev–Trinajstić information content (AvgIpc) is 2.82. The number of aryl methyl sites for hydroxylation is 1. The number of rotatable bonds is 9. The van der Waals surface area contributed by atoms with E-state index in [9.17, 15) is 18.3 Å². The number of hydrogen-bond donors (Lipinski definition) is 2. The number of carbonyl (C=O) groups excluding carboxylic acids is 1. The van der Waals surface area contributed by atoms with Gasteiger partial charge in [-0.1, -0.05) is 35.4 Å². The third-order valence-electron chi connectivity index (χ3n) is 5.09. The number of ether oxygens (including phenoxy) is 1. The molecule has 0 bridgehead atoms. The molecule has 0 saturated heterocycles. The lowest BCUT2D eigenvalue weighted by atomic mass is 10.2. The summed E-state index contributed by atoms with van der Waals surface area (Å²) in [5.41, 5.74) is 4.64. The van der Waals surface area contributed by atoms with Crippen LogP contribution in [0.15, 0.2) is 70.7 Å². The molecule has 0 saturated carbocycles. The van der Waals surface area contributed by atoms with Gasteiger partial charge in [0.2, 0.25) is 0 Å². The Morgan fingerprint density at radius 2 is 1.86 bits per heavy atom. The molecule has 1 amide bonds. The normalized spacial score (nSPS) is 11.4. The monoisotopic (exact) mass is 515 g/mol. The number of halogens is 1. The van der Waals surface area contributed by atoms with Gasteiger partial charge in [-0.2, -0.15) is 5.10 Å². The fourth-order valence-electron chi connectivity index (χ4n) is 3.23. The van der Waals surface area contributed by atoms with Crippen LogP contribution >= 0.6 is 11.6 Å². The molecule has 0 aliphatic heterocycles. The minimum atomic E-state index is -4.08. The largest absolute Gasteiger partial charge is 0.504 e. The Bertz CT molecular complexity index is 1340. The van der Waals surface area contributed by atoms with Crippen molar-refractivity contribution in [3.05, 3.63) is 82.4 Å². The zero-order chi connectivity index (χ0) is 25.6. The Morgan fingerprint density at radius 3 is 2.54 bits per heavy atom. The Labute approximate surface area is 209 Å². The molecule has 0 heterocycles. The highest BCUT2D eigenvalue weighted by Crippen LogP contribution is 2.31.